The molecule has 0 aliphatic carbocycles. The van der Waals surface area contributed by atoms with Crippen LogP contribution in [0.1, 0.15) is 35.2 Å². The first-order valence-electron chi connectivity index (χ1n) is 12.0. The zero-order chi connectivity index (χ0) is 25.1. The van der Waals surface area contributed by atoms with Crippen LogP contribution in [-0.2, 0) is 6.42 Å². The number of nitrogens with two attached hydrogens (primary N) is 1. The highest BCUT2D eigenvalue weighted by molar-refractivity contribution is 5.92. The lowest BCUT2D eigenvalue weighted by molar-refractivity contribution is -0.0551. The van der Waals surface area contributed by atoms with Gasteiger partial charge in [0.25, 0.3) is 5.92 Å². The minimum atomic E-state index is -2.49. The van der Waals surface area contributed by atoms with E-state index in [1.54, 1.807) is 24.3 Å². The van der Waals surface area contributed by atoms with Gasteiger partial charge >= 0.3 is 0 Å². The van der Waals surface area contributed by atoms with Gasteiger partial charge in [-0.3, -0.25) is 4.79 Å². The maximum absolute atomic E-state index is 13.2. The van der Waals surface area contributed by atoms with Crippen molar-refractivity contribution in [3.63, 3.8) is 0 Å². The Morgan fingerprint density at radius 1 is 1.06 bits per heavy atom. The maximum Gasteiger partial charge on any atom is 0.250 e. The van der Waals surface area contributed by atoms with Crippen LogP contribution in [-0.4, -0.2) is 73.9 Å². The lowest BCUT2D eigenvalue weighted by Gasteiger charge is -2.31. The molecule has 0 bridgehead atoms. The summed E-state index contributed by atoms with van der Waals surface area (Å²) in [6.45, 7) is 3.26. The van der Waals surface area contributed by atoms with Crippen LogP contribution >= 0.6 is 0 Å². The van der Waals surface area contributed by atoms with E-state index in [0.29, 0.717) is 49.8 Å². The maximum atomic E-state index is 13.2. The van der Waals surface area contributed by atoms with Crippen molar-refractivity contribution in [2.24, 2.45) is 5.73 Å². The van der Waals surface area contributed by atoms with Crippen LogP contribution in [0.3, 0.4) is 0 Å². The van der Waals surface area contributed by atoms with Gasteiger partial charge in [0.15, 0.2) is 0 Å². The molecule has 1 atom stereocenters. The predicted molar refractivity (Wildman–Crippen MR) is 130 cm³/mol. The van der Waals surface area contributed by atoms with Gasteiger partial charge < -0.3 is 30.5 Å². The standard InChI is InChI=1S/C26H35F2N3O4/c27-26(28)11-15-31(16-12-26)14-1-2-20-3-7-24(8-4-20)35-19-22(32)18-30-13-17-34-23-9-5-21(6-10-23)25(29)33/h3-10,22,30,32H,1-2,11-19H2,(H2,29,33)/t22-/m0/s1. The highest BCUT2D eigenvalue weighted by atomic mass is 19.3. The number of nitrogens with zero attached hydrogens (tertiary/aromatic N) is 1. The molecule has 0 unspecified atom stereocenters. The summed E-state index contributed by atoms with van der Waals surface area (Å²) in [5, 5.41) is 13.2. The van der Waals surface area contributed by atoms with Crippen LogP contribution in [0.2, 0.25) is 0 Å². The number of benzene rings is 2. The molecule has 1 aliphatic heterocycles. The van der Waals surface area contributed by atoms with Gasteiger partial charge in [-0.15, -0.1) is 0 Å². The van der Waals surface area contributed by atoms with Crippen LogP contribution in [0.15, 0.2) is 48.5 Å². The molecule has 0 aromatic heterocycles. The molecule has 2 aromatic rings. The number of carbonyl (C=O) groups is 1. The minimum absolute atomic E-state index is 0.0394. The van der Waals surface area contributed by atoms with E-state index >= 15 is 0 Å². The lowest BCUT2D eigenvalue weighted by atomic mass is 10.1. The molecule has 1 heterocycles. The molecule has 0 radical (unpaired) electrons. The monoisotopic (exact) mass is 491 g/mol. The first-order chi connectivity index (χ1) is 16.8. The van der Waals surface area contributed by atoms with E-state index in [-0.39, 0.29) is 19.4 Å². The van der Waals surface area contributed by atoms with E-state index in [1.807, 2.05) is 24.3 Å². The highest BCUT2D eigenvalue weighted by Crippen LogP contribution is 2.27. The fourth-order valence-electron chi connectivity index (χ4n) is 3.84. The van der Waals surface area contributed by atoms with Crippen LogP contribution in [0.5, 0.6) is 11.5 Å². The van der Waals surface area contributed by atoms with E-state index < -0.39 is 17.9 Å². The van der Waals surface area contributed by atoms with E-state index in [2.05, 4.69) is 10.2 Å². The van der Waals surface area contributed by atoms with Crippen molar-refractivity contribution in [2.75, 3.05) is 45.9 Å². The molecule has 9 heteroatoms. The van der Waals surface area contributed by atoms with Crippen molar-refractivity contribution in [3.8, 4) is 11.5 Å². The van der Waals surface area contributed by atoms with E-state index in [1.165, 1.54) is 5.56 Å². The number of piperidine rings is 1. The molecule has 1 amide bonds. The SMILES string of the molecule is NC(=O)c1ccc(OCCNC[C@H](O)COc2ccc(CCCN3CCC(F)(F)CC3)cc2)cc1. The molecule has 0 saturated carbocycles. The first-order valence-corrected chi connectivity index (χ1v) is 12.0. The average Bonchev–Trinajstić information content (AvgIpc) is 2.84. The number of carbonyl (C=O) groups excluding carboxylic acids is 1. The molecule has 1 saturated heterocycles. The Morgan fingerprint density at radius 2 is 1.69 bits per heavy atom. The smallest absolute Gasteiger partial charge is 0.250 e. The number of hydrogen-bond acceptors (Lipinski definition) is 6. The summed E-state index contributed by atoms with van der Waals surface area (Å²) >= 11 is 0. The molecule has 7 nitrogen and oxygen atoms in total. The third-order valence-corrected chi connectivity index (χ3v) is 5.96. The number of alkyl halides is 2. The molecule has 4 N–H and O–H groups in total. The third-order valence-electron chi connectivity index (χ3n) is 5.96. The number of primary amides is 1. The Hall–Kier alpha value is -2.75. The molecular formula is C26H35F2N3O4. The number of ether oxygens (including phenoxy) is 2. The van der Waals surface area contributed by atoms with Gasteiger partial charge in [0, 0.05) is 44.6 Å². The molecule has 192 valence electrons. The normalized spacial score (nSPS) is 16.5. The van der Waals surface area contributed by atoms with Crippen LogP contribution in [0.25, 0.3) is 0 Å². The number of nitrogens with one attached hydrogen (secondary N) is 1. The lowest BCUT2D eigenvalue weighted by Crippen LogP contribution is -2.39. The number of aryl methyl sites for hydroxylation is 1. The Labute approximate surface area is 205 Å². The molecule has 1 fully saturated rings. The summed E-state index contributed by atoms with van der Waals surface area (Å²) in [4.78, 5) is 13.2. The van der Waals surface area contributed by atoms with E-state index in [0.717, 1.165) is 19.4 Å². The van der Waals surface area contributed by atoms with Crippen molar-refractivity contribution in [3.05, 3.63) is 59.7 Å². The molecular weight excluding hydrogens is 456 g/mol. The fraction of sp³-hybridized carbons (Fsp3) is 0.500. The predicted octanol–water partition coefficient (Wildman–Crippen LogP) is 2.86. The Bertz CT molecular complexity index is 900. The molecule has 3 rings (SSSR count). The van der Waals surface area contributed by atoms with Crippen molar-refractivity contribution in [2.45, 2.75) is 37.7 Å². The molecule has 35 heavy (non-hydrogen) atoms. The summed E-state index contributed by atoms with van der Waals surface area (Å²) < 4.78 is 37.7. The number of aliphatic hydroxyl groups excluding tert-OH is 1. The third kappa shape index (κ3) is 9.79. The van der Waals surface area contributed by atoms with Crippen molar-refractivity contribution < 1.29 is 28.2 Å². The second kappa shape index (κ2) is 13.4. The van der Waals surface area contributed by atoms with Gasteiger partial charge in [-0.05, 0) is 61.3 Å². The summed E-state index contributed by atoms with van der Waals surface area (Å²) in [5.74, 6) is -1.64. The number of hydrogen-bond donors (Lipinski definition) is 3. The van der Waals surface area contributed by atoms with Crippen molar-refractivity contribution in [1.29, 1.82) is 0 Å². The van der Waals surface area contributed by atoms with Gasteiger partial charge in [-0.25, -0.2) is 8.78 Å². The van der Waals surface area contributed by atoms with Crippen LogP contribution in [0.4, 0.5) is 8.78 Å². The second-order valence-corrected chi connectivity index (χ2v) is 8.85. The van der Waals surface area contributed by atoms with E-state index in [4.69, 9.17) is 15.2 Å². The summed E-state index contributed by atoms with van der Waals surface area (Å²) in [7, 11) is 0. The second-order valence-electron chi connectivity index (χ2n) is 8.85. The van der Waals surface area contributed by atoms with Gasteiger partial charge in [-0.2, -0.15) is 0 Å². The van der Waals surface area contributed by atoms with Gasteiger partial charge in [-0.1, -0.05) is 12.1 Å². The number of amides is 1. The van der Waals surface area contributed by atoms with Crippen molar-refractivity contribution in [1.82, 2.24) is 10.2 Å². The fourth-order valence-corrected chi connectivity index (χ4v) is 3.84. The average molecular weight is 492 g/mol. The Balaban J connectivity index is 1.23. The minimum Gasteiger partial charge on any atom is -0.492 e. The Morgan fingerprint density at radius 3 is 2.34 bits per heavy atom. The molecule has 2 aromatic carbocycles. The first kappa shape index (κ1) is 26.8. The van der Waals surface area contributed by atoms with Gasteiger partial charge in [0.2, 0.25) is 5.91 Å². The zero-order valence-electron chi connectivity index (χ0n) is 19.9. The van der Waals surface area contributed by atoms with Crippen molar-refractivity contribution >= 4 is 5.91 Å². The summed E-state index contributed by atoms with van der Waals surface area (Å²) in [5.41, 5.74) is 6.81. The number of likely N-dealkylation sites (tertiary alicyclic amines) is 1. The number of aliphatic hydroxyl groups is 1. The largest absolute Gasteiger partial charge is 0.492 e. The van der Waals surface area contributed by atoms with Crippen LogP contribution in [0, 0.1) is 0 Å². The number of halogens is 2. The summed E-state index contributed by atoms with van der Waals surface area (Å²) in [6.07, 6.45) is 1.07. The van der Waals surface area contributed by atoms with Gasteiger partial charge in [0.1, 0.15) is 30.8 Å². The van der Waals surface area contributed by atoms with Gasteiger partial charge in [0.05, 0.1) is 0 Å². The molecule has 1 aliphatic rings. The highest BCUT2D eigenvalue weighted by Gasteiger charge is 2.33. The summed E-state index contributed by atoms with van der Waals surface area (Å²) in [6, 6.07) is 14.4. The molecule has 0 spiro atoms. The topological polar surface area (TPSA) is 97.1 Å². The quantitative estimate of drug-likeness (QED) is 0.352. The van der Waals surface area contributed by atoms with Crippen LogP contribution < -0.4 is 20.5 Å². The number of rotatable bonds is 14. The Kier molecular flexibility index (Phi) is 10.3. The zero-order valence-corrected chi connectivity index (χ0v) is 19.9. The van der Waals surface area contributed by atoms with E-state index in [9.17, 15) is 18.7 Å².